The zero-order valence-corrected chi connectivity index (χ0v) is 16.7. The highest BCUT2D eigenvalue weighted by Gasteiger charge is 2.44. The Morgan fingerprint density at radius 3 is 2.42 bits per heavy atom. The largest absolute Gasteiger partial charge is 0.477 e. The second kappa shape index (κ2) is 7.97. The van der Waals surface area contributed by atoms with Crippen LogP contribution < -0.4 is 10.2 Å². The predicted octanol–water partition coefficient (Wildman–Crippen LogP) is 2.26. The third-order valence-corrected chi connectivity index (χ3v) is 5.74. The molecular weight excluding hydrogens is 415 g/mol. The number of alkyl halides is 3. The van der Waals surface area contributed by atoms with Gasteiger partial charge in [-0.15, -0.1) is 0 Å². The van der Waals surface area contributed by atoms with Gasteiger partial charge < -0.3 is 20.4 Å². The summed E-state index contributed by atoms with van der Waals surface area (Å²) in [5.74, 6) is -0.989. The first-order chi connectivity index (χ1) is 14.6. The molecule has 0 aliphatic carbocycles. The lowest BCUT2D eigenvalue weighted by atomic mass is 10.0. The molecule has 3 atom stereocenters. The number of likely N-dealkylation sites (tertiary alicyclic amines) is 1. The first kappa shape index (κ1) is 21.3. The molecule has 0 saturated carbocycles. The zero-order valence-electron chi connectivity index (χ0n) is 16.7. The fourth-order valence-electron chi connectivity index (χ4n) is 4.36. The van der Waals surface area contributed by atoms with E-state index in [0.717, 1.165) is 6.07 Å². The first-order valence-corrected chi connectivity index (χ1v) is 9.80. The minimum absolute atomic E-state index is 0.00249. The summed E-state index contributed by atoms with van der Waals surface area (Å²) < 4.78 is 40.0. The van der Waals surface area contributed by atoms with Crippen LogP contribution in [0.1, 0.15) is 21.7 Å². The van der Waals surface area contributed by atoms with Crippen molar-refractivity contribution in [1.82, 2.24) is 14.9 Å². The molecule has 1 aromatic heterocycles. The van der Waals surface area contributed by atoms with Gasteiger partial charge in [-0.1, -0.05) is 12.1 Å². The number of carboxylic acids is 1. The van der Waals surface area contributed by atoms with Crippen molar-refractivity contribution >= 4 is 17.6 Å². The van der Waals surface area contributed by atoms with Gasteiger partial charge in [0.1, 0.15) is 0 Å². The second-order valence-corrected chi connectivity index (χ2v) is 7.94. The van der Waals surface area contributed by atoms with Gasteiger partial charge in [-0.3, -0.25) is 4.90 Å². The van der Waals surface area contributed by atoms with Gasteiger partial charge in [-0.25, -0.2) is 14.8 Å². The highest BCUT2D eigenvalue weighted by Crippen LogP contribution is 2.40. The molecule has 2 saturated heterocycles. The predicted molar refractivity (Wildman–Crippen MR) is 106 cm³/mol. The van der Waals surface area contributed by atoms with Crippen molar-refractivity contribution in [3.8, 4) is 0 Å². The Labute approximate surface area is 176 Å². The fraction of sp³-hybridized carbons (Fsp3) is 0.450. The molecule has 0 bridgehead atoms. The quantitative estimate of drug-likeness (QED) is 0.613. The molecule has 1 unspecified atom stereocenters. The first-order valence-electron chi connectivity index (χ1n) is 9.80. The summed E-state index contributed by atoms with van der Waals surface area (Å²) in [5.41, 5.74) is -0.192. The number of hydrogen-bond donors (Lipinski definition) is 3. The molecule has 2 fully saturated rings. The Morgan fingerprint density at radius 2 is 1.81 bits per heavy atom. The number of fused-ring (bicyclic) bond motifs is 1. The third kappa shape index (κ3) is 4.42. The van der Waals surface area contributed by atoms with E-state index in [9.17, 15) is 23.1 Å². The SMILES string of the molecule is Cc1cc(C(=O)O)nc(NC(O)N2C[C@H]3CN(c4ccccc4C(F)(F)F)C[C@H]3C2)n1. The number of carbonyl (C=O) groups is 1. The number of anilines is 2. The van der Waals surface area contributed by atoms with Crippen molar-refractivity contribution in [2.45, 2.75) is 19.5 Å². The molecule has 166 valence electrons. The number of benzene rings is 1. The monoisotopic (exact) mass is 437 g/mol. The number of aromatic nitrogens is 2. The maximum Gasteiger partial charge on any atom is 0.418 e. The minimum atomic E-state index is -4.41. The lowest BCUT2D eigenvalue weighted by molar-refractivity contribution is -0.137. The number of nitrogens with zero attached hydrogens (tertiary/aromatic N) is 4. The van der Waals surface area contributed by atoms with E-state index >= 15 is 0 Å². The van der Waals surface area contributed by atoms with Crippen LogP contribution in [0.2, 0.25) is 0 Å². The maximum atomic E-state index is 13.3. The van der Waals surface area contributed by atoms with E-state index in [1.807, 2.05) is 0 Å². The normalized spacial score (nSPS) is 22.4. The van der Waals surface area contributed by atoms with E-state index in [1.165, 1.54) is 18.2 Å². The van der Waals surface area contributed by atoms with Crippen molar-refractivity contribution in [1.29, 1.82) is 0 Å². The molecule has 11 heteroatoms. The number of rotatable bonds is 5. The van der Waals surface area contributed by atoms with Gasteiger partial charge >= 0.3 is 12.1 Å². The number of aliphatic hydroxyl groups is 1. The van der Waals surface area contributed by atoms with Gasteiger partial charge in [0.15, 0.2) is 12.0 Å². The fourth-order valence-corrected chi connectivity index (χ4v) is 4.36. The summed E-state index contributed by atoms with van der Waals surface area (Å²) in [4.78, 5) is 22.6. The molecular formula is C20H22F3N5O3. The summed E-state index contributed by atoms with van der Waals surface area (Å²) in [7, 11) is 0. The van der Waals surface area contributed by atoms with Crippen LogP contribution in [0.5, 0.6) is 0 Å². The Kier molecular flexibility index (Phi) is 5.48. The number of nitrogens with one attached hydrogen (secondary N) is 1. The van der Waals surface area contributed by atoms with Crippen molar-refractivity contribution in [2.24, 2.45) is 11.8 Å². The Morgan fingerprint density at radius 1 is 1.16 bits per heavy atom. The lowest BCUT2D eigenvalue weighted by Crippen LogP contribution is -2.41. The van der Waals surface area contributed by atoms with Gasteiger partial charge in [-0.05, 0) is 37.0 Å². The number of aryl methyl sites for hydroxylation is 1. The molecule has 1 aromatic carbocycles. The molecule has 3 N–H and O–H groups in total. The van der Waals surface area contributed by atoms with Crippen LogP contribution in [-0.4, -0.2) is 63.6 Å². The van der Waals surface area contributed by atoms with E-state index in [0.29, 0.717) is 31.9 Å². The molecule has 3 heterocycles. The van der Waals surface area contributed by atoms with E-state index in [1.54, 1.807) is 22.8 Å². The van der Waals surface area contributed by atoms with Crippen LogP contribution in [-0.2, 0) is 6.18 Å². The van der Waals surface area contributed by atoms with E-state index in [-0.39, 0.29) is 29.2 Å². The number of aliphatic hydroxyl groups excluding tert-OH is 1. The molecule has 2 aliphatic rings. The molecule has 0 radical (unpaired) electrons. The minimum Gasteiger partial charge on any atom is -0.477 e. The summed E-state index contributed by atoms with van der Waals surface area (Å²) in [6.45, 7) is 3.53. The van der Waals surface area contributed by atoms with E-state index in [2.05, 4.69) is 15.3 Å². The lowest BCUT2D eigenvalue weighted by Gasteiger charge is -2.28. The number of hydrogen-bond acceptors (Lipinski definition) is 7. The summed E-state index contributed by atoms with van der Waals surface area (Å²) >= 11 is 0. The van der Waals surface area contributed by atoms with Crippen molar-refractivity contribution in [3.05, 3.63) is 47.3 Å². The molecule has 2 aromatic rings. The average molecular weight is 437 g/mol. The zero-order chi connectivity index (χ0) is 22.3. The number of para-hydroxylation sites is 1. The summed E-state index contributed by atoms with van der Waals surface area (Å²) in [6.07, 6.45) is -5.55. The number of aromatic carboxylic acids is 1. The molecule has 0 amide bonds. The number of halogens is 3. The van der Waals surface area contributed by atoms with Crippen LogP contribution in [0.25, 0.3) is 0 Å². The van der Waals surface area contributed by atoms with Crippen LogP contribution in [0.3, 0.4) is 0 Å². The highest BCUT2D eigenvalue weighted by atomic mass is 19.4. The van der Waals surface area contributed by atoms with Crippen LogP contribution >= 0.6 is 0 Å². The smallest absolute Gasteiger partial charge is 0.418 e. The van der Waals surface area contributed by atoms with Gasteiger partial charge in [0.25, 0.3) is 0 Å². The second-order valence-electron chi connectivity index (χ2n) is 7.94. The number of carboxylic acid groups (broad SMARTS) is 1. The molecule has 4 rings (SSSR count). The summed E-state index contributed by atoms with van der Waals surface area (Å²) in [6, 6.07) is 6.90. The van der Waals surface area contributed by atoms with Crippen LogP contribution in [0.15, 0.2) is 30.3 Å². The van der Waals surface area contributed by atoms with E-state index < -0.39 is 24.1 Å². The molecule has 8 nitrogen and oxygen atoms in total. The molecule has 2 aliphatic heterocycles. The van der Waals surface area contributed by atoms with Gasteiger partial charge in [0.05, 0.1) is 5.56 Å². The van der Waals surface area contributed by atoms with Gasteiger partial charge in [0, 0.05) is 37.6 Å². The van der Waals surface area contributed by atoms with Crippen molar-refractivity contribution < 1.29 is 28.2 Å². The highest BCUT2D eigenvalue weighted by molar-refractivity contribution is 5.85. The standard InChI is InChI=1S/C20H22F3N5O3/c1-11-6-15(17(29)30)25-18(24-11)26-19(31)28-9-12-7-27(8-13(12)10-28)16-5-3-2-4-14(16)20(21,22)23/h2-6,12-13,19,31H,7-10H2,1H3,(H,29,30)(H,24,25,26)/t12-,13+,19?. The Balaban J connectivity index is 1.41. The summed E-state index contributed by atoms with van der Waals surface area (Å²) in [5, 5.41) is 22.4. The topological polar surface area (TPSA) is 102 Å². The maximum absolute atomic E-state index is 13.3. The molecule has 31 heavy (non-hydrogen) atoms. The van der Waals surface area contributed by atoms with Gasteiger partial charge in [0.2, 0.25) is 5.95 Å². The third-order valence-electron chi connectivity index (χ3n) is 5.74. The van der Waals surface area contributed by atoms with Gasteiger partial charge in [-0.2, -0.15) is 13.2 Å². The Bertz CT molecular complexity index is 973. The van der Waals surface area contributed by atoms with Crippen molar-refractivity contribution in [2.75, 3.05) is 36.4 Å². The molecule has 0 spiro atoms. The average Bonchev–Trinajstić information content (AvgIpc) is 3.26. The van der Waals surface area contributed by atoms with Crippen LogP contribution in [0.4, 0.5) is 24.8 Å². The Hall–Kier alpha value is -2.92. The van der Waals surface area contributed by atoms with E-state index in [4.69, 9.17) is 5.11 Å². The van der Waals surface area contributed by atoms with Crippen LogP contribution in [0, 0.1) is 18.8 Å². The van der Waals surface area contributed by atoms with Crippen molar-refractivity contribution in [3.63, 3.8) is 0 Å².